The number of hydrogen-bond donors (Lipinski definition) is 2. The number of hydrogen-bond acceptors (Lipinski definition) is 4. The van der Waals surface area contributed by atoms with E-state index in [-0.39, 0.29) is 5.71 Å². The Morgan fingerprint density at radius 1 is 1.11 bits per heavy atom. The van der Waals surface area contributed by atoms with Crippen LogP contribution >= 0.6 is 0 Å². The molecule has 88 valence electrons. The van der Waals surface area contributed by atoms with E-state index in [0.717, 1.165) is 10.9 Å². The van der Waals surface area contributed by atoms with Crippen LogP contribution in [-0.4, -0.2) is 10.7 Å². The fourth-order valence-electron chi connectivity index (χ4n) is 1.90. The average Bonchev–Trinajstić information content (AvgIpc) is 2.77. The Kier molecular flexibility index (Phi) is 2.34. The number of benzene rings is 1. The van der Waals surface area contributed by atoms with E-state index < -0.39 is 0 Å². The molecular weight excluding hydrogens is 226 g/mol. The zero-order chi connectivity index (χ0) is 12.5. The lowest BCUT2D eigenvalue weighted by Gasteiger charge is -2.00. The molecule has 0 fully saturated rings. The second-order valence-electron chi connectivity index (χ2n) is 3.95. The summed E-state index contributed by atoms with van der Waals surface area (Å²) in [6.07, 6.45) is 3.28. The predicted molar refractivity (Wildman–Crippen MR) is 70.8 cm³/mol. The number of para-hydroxylation sites is 1. The van der Waals surface area contributed by atoms with Gasteiger partial charge in [-0.25, -0.2) is 0 Å². The molecule has 3 aromatic rings. The number of nitrogens with one attached hydrogen (secondary N) is 1. The minimum absolute atomic E-state index is 0.270. The Bertz CT molecular complexity index is 716. The lowest BCUT2D eigenvalue weighted by atomic mass is 10.1. The first-order chi connectivity index (χ1) is 8.77. The molecule has 4 heteroatoms. The van der Waals surface area contributed by atoms with Crippen molar-refractivity contribution in [3.63, 3.8) is 0 Å². The van der Waals surface area contributed by atoms with Crippen LogP contribution in [0.2, 0.25) is 0 Å². The normalized spacial score (nSPS) is 10.7. The highest BCUT2D eigenvalue weighted by Gasteiger charge is 2.16. The highest BCUT2D eigenvalue weighted by atomic mass is 16.3. The summed E-state index contributed by atoms with van der Waals surface area (Å²) in [7, 11) is 0. The highest BCUT2D eigenvalue weighted by molar-refractivity contribution is 6.15. The van der Waals surface area contributed by atoms with Crippen molar-refractivity contribution in [1.29, 1.82) is 5.41 Å². The standard InChI is InChI=1S/C14H11N3O/c15-12(9-5-7-17-8-6-9)14-13(16)10-3-1-2-4-11(10)18-14/h1-8,15H,16H2. The van der Waals surface area contributed by atoms with Crippen molar-refractivity contribution < 1.29 is 4.42 Å². The Morgan fingerprint density at radius 2 is 1.83 bits per heavy atom. The van der Waals surface area contributed by atoms with Gasteiger partial charge in [-0.3, -0.25) is 10.4 Å². The Balaban J connectivity index is 2.15. The number of nitrogens with two attached hydrogens (primary N) is 1. The number of furan rings is 1. The number of anilines is 1. The first kappa shape index (κ1) is 10.5. The molecule has 1 aromatic carbocycles. The lowest BCUT2D eigenvalue weighted by Crippen LogP contribution is -2.02. The number of pyridine rings is 1. The second kappa shape index (κ2) is 4.00. The van der Waals surface area contributed by atoms with Gasteiger partial charge in [0.05, 0.1) is 5.69 Å². The largest absolute Gasteiger partial charge is 0.452 e. The first-order valence-corrected chi connectivity index (χ1v) is 5.53. The summed E-state index contributed by atoms with van der Waals surface area (Å²) in [5.41, 5.74) is 8.23. The monoisotopic (exact) mass is 237 g/mol. The molecule has 0 unspecified atom stereocenters. The molecule has 0 saturated heterocycles. The van der Waals surface area contributed by atoms with Gasteiger partial charge in [0.25, 0.3) is 0 Å². The fourth-order valence-corrected chi connectivity index (χ4v) is 1.90. The van der Waals surface area contributed by atoms with Gasteiger partial charge in [0.15, 0.2) is 5.76 Å². The molecule has 3 N–H and O–H groups in total. The van der Waals surface area contributed by atoms with Crippen molar-refractivity contribution in [3.8, 4) is 0 Å². The fraction of sp³-hybridized carbons (Fsp3) is 0. The summed E-state index contributed by atoms with van der Waals surface area (Å²) in [6, 6.07) is 11.0. The minimum atomic E-state index is 0.270. The van der Waals surface area contributed by atoms with Crippen molar-refractivity contribution in [2.75, 3.05) is 5.73 Å². The van der Waals surface area contributed by atoms with Gasteiger partial charge in [0.2, 0.25) is 0 Å². The number of aromatic nitrogens is 1. The Morgan fingerprint density at radius 3 is 2.56 bits per heavy atom. The van der Waals surface area contributed by atoms with E-state index >= 15 is 0 Å². The number of fused-ring (bicyclic) bond motifs is 1. The third-order valence-corrected chi connectivity index (χ3v) is 2.83. The maximum atomic E-state index is 8.14. The molecule has 0 spiro atoms. The molecular formula is C14H11N3O. The Hall–Kier alpha value is -2.62. The van der Waals surface area contributed by atoms with Crippen LogP contribution in [0.3, 0.4) is 0 Å². The van der Waals surface area contributed by atoms with E-state index in [1.54, 1.807) is 24.5 Å². The van der Waals surface area contributed by atoms with E-state index in [9.17, 15) is 0 Å². The molecule has 0 atom stereocenters. The molecule has 3 rings (SSSR count). The summed E-state index contributed by atoms with van der Waals surface area (Å²) < 4.78 is 5.65. The summed E-state index contributed by atoms with van der Waals surface area (Å²) in [6.45, 7) is 0. The van der Waals surface area contributed by atoms with Crippen molar-refractivity contribution in [3.05, 3.63) is 60.1 Å². The zero-order valence-electron chi connectivity index (χ0n) is 9.55. The molecule has 0 bridgehead atoms. The summed E-state index contributed by atoms with van der Waals surface area (Å²) in [5.74, 6) is 0.405. The molecule has 4 nitrogen and oxygen atoms in total. The summed E-state index contributed by atoms with van der Waals surface area (Å²) >= 11 is 0. The van der Waals surface area contributed by atoms with Crippen LogP contribution in [-0.2, 0) is 0 Å². The van der Waals surface area contributed by atoms with Gasteiger partial charge in [-0.05, 0) is 24.3 Å². The lowest BCUT2D eigenvalue weighted by molar-refractivity contribution is 0.606. The minimum Gasteiger partial charge on any atom is -0.452 e. The highest BCUT2D eigenvalue weighted by Crippen LogP contribution is 2.29. The SMILES string of the molecule is N=C(c1ccncc1)c1oc2ccccc2c1N. The van der Waals surface area contributed by atoms with E-state index in [4.69, 9.17) is 15.6 Å². The van der Waals surface area contributed by atoms with Gasteiger partial charge in [0.1, 0.15) is 11.3 Å². The predicted octanol–water partition coefficient (Wildman–Crippen LogP) is 2.83. The van der Waals surface area contributed by atoms with Crippen molar-refractivity contribution in [1.82, 2.24) is 4.98 Å². The molecule has 0 radical (unpaired) electrons. The van der Waals surface area contributed by atoms with E-state index in [1.165, 1.54) is 0 Å². The number of nitrogens with zero attached hydrogens (tertiary/aromatic N) is 1. The zero-order valence-corrected chi connectivity index (χ0v) is 9.55. The molecule has 0 aliphatic rings. The van der Waals surface area contributed by atoms with Crippen molar-refractivity contribution in [2.45, 2.75) is 0 Å². The molecule has 2 heterocycles. The average molecular weight is 237 g/mol. The smallest absolute Gasteiger partial charge is 0.176 e. The molecule has 18 heavy (non-hydrogen) atoms. The van der Waals surface area contributed by atoms with Gasteiger partial charge < -0.3 is 10.2 Å². The van der Waals surface area contributed by atoms with Crippen LogP contribution in [0.25, 0.3) is 11.0 Å². The van der Waals surface area contributed by atoms with Crippen molar-refractivity contribution in [2.24, 2.45) is 0 Å². The quantitative estimate of drug-likeness (QED) is 0.673. The van der Waals surface area contributed by atoms with E-state index in [0.29, 0.717) is 17.0 Å². The van der Waals surface area contributed by atoms with Gasteiger partial charge >= 0.3 is 0 Å². The maximum absolute atomic E-state index is 8.14. The van der Waals surface area contributed by atoms with Gasteiger partial charge in [-0.15, -0.1) is 0 Å². The topological polar surface area (TPSA) is 75.9 Å². The summed E-state index contributed by atoms with van der Waals surface area (Å²) in [4.78, 5) is 3.93. The molecule has 0 aliphatic carbocycles. The van der Waals surface area contributed by atoms with Crippen LogP contribution in [0.1, 0.15) is 11.3 Å². The molecule has 2 aromatic heterocycles. The number of rotatable bonds is 2. The van der Waals surface area contributed by atoms with Crippen LogP contribution in [0.15, 0.2) is 53.2 Å². The molecule has 0 aliphatic heterocycles. The molecule has 0 amide bonds. The van der Waals surface area contributed by atoms with E-state index in [2.05, 4.69) is 4.98 Å². The van der Waals surface area contributed by atoms with Gasteiger partial charge in [-0.1, -0.05) is 12.1 Å². The maximum Gasteiger partial charge on any atom is 0.176 e. The van der Waals surface area contributed by atoms with Crippen LogP contribution in [0.5, 0.6) is 0 Å². The Labute approximate surface area is 104 Å². The van der Waals surface area contributed by atoms with Gasteiger partial charge in [0, 0.05) is 23.3 Å². The van der Waals surface area contributed by atoms with Crippen LogP contribution in [0, 0.1) is 5.41 Å². The van der Waals surface area contributed by atoms with Gasteiger partial charge in [-0.2, -0.15) is 0 Å². The van der Waals surface area contributed by atoms with Crippen molar-refractivity contribution >= 4 is 22.4 Å². The van der Waals surface area contributed by atoms with Crippen LogP contribution < -0.4 is 5.73 Å². The second-order valence-corrected chi connectivity index (χ2v) is 3.95. The number of nitrogen functional groups attached to an aromatic ring is 1. The first-order valence-electron chi connectivity index (χ1n) is 5.53. The third-order valence-electron chi connectivity index (χ3n) is 2.83. The van der Waals surface area contributed by atoms with Crippen LogP contribution in [0.4, 0.5) is 5.69 Å². The van der Waals surface area contributed by atoms with E-state index in [1.807, 2.05) is 24.3 Å². The molecule has 0 saturated carbocycles. The summed E-state index contributed by atoms with van der Waals surface area (Å²) in [5, 5.41) is 8.98. The third kappa shape index (κ3) is 1.55.